The van der Waals surface area contributed by atoms with E-state index in [1.54, 1.807) is 12.1 Å². The van der Waals surface area contributed by atoms with Crippen LogP contribution in [0.1, 0.15) is 11.1 Å². The Kier molecular flexibility index (Phi) is 9.72. The van der Waals surface area contributed by atoms with E-state index in [2.05, 4.69) is 0 Å². The van der Waals surface area contributed by atoms with Crippen LogP contribution in [-0.4, -0.2) is 17.6 Å². The lowest BCUT2D eigenvalue weighted by atomic mass is 10.2. The molecule has 2 aromatic rings. The monoisotopic (exact) mass is 438 g/mol. The van der Waals surface area contributed by atoms with Gasteiger partial charge in [0.15, 0.2) is 0 Å². The van der Waals surface area contributed by atoms with E-state index in [-0.39, 0.29) is 39.7 Å². The van der Waals surface area contributed by atoms with E-state index in [1.807, 2.05) is 6.07 Å². The van der Waals surface area contributed by atoms with Crippen molar-refractivity contribution in [3.63, 3.8) is 0 Å². The second kappa shape index (κ2) is 11.2. The number of hydrogen-bond acceptors (Lipinski definition) is 4. The summed E-state index contributed by atoms with van der Waals surface area (Å²) in [6.45, 7) is 0.506. The third-order valence-corrected chi connectivity index (χ3v) is 4.51. The number of nitriles is 1. The molecule has 2 N–H and O–H groups in total. The number of nitrogens with two attached hydrogens (primary N) is 1. The molecule has 152 valence electrons. The van der Waals surface area contributed by atoms with Crippen LogP contribution < -0.4 is 5.73 Å². The Hall–Kier alpha value is -1.83. The van der Waals surface area contributed by atoms with Crippen molar-refractivity contribution < 1.29 is 26.3 Å². The summed E-state index contributed by atoms with van der Waals surface area (Å²) in [5, 5.41) is 8.34. The van der Waals surface area contributed by atoms with Crippen LogP contribution in [0.3, 0.4) is 0 Å². The Labute approximate surface area is 167 Å². The van der Waals surface area contributed by atoms with Crippen molar-refractivity contribution in [2.45, 2.75) is 33.6 Å². The Morgan fingerprint density at radius 2 is 1.14 bits per heavy atom. The summed E-state index contributed by atoms with van der Waals surface area (Å²) in [4.78, 5) is 0.345. The lowest BCUT2D eigenvalue weighted by molar-refractivity contribution is -0.0337. The molecule has 0 spiro atoms. The summed E-state index contributed by atoms with van der Waals surface area (Å²) in [5.74, 6) is 0. The maximum atomic E-state index is 11.9. The van der Waals surface area contributed by atoms with Gasteiger partial charge in [-0.25, -0.2) is 0 Å². The average Bonchev–Trinajstić information content (AvgIpc) is 2.57. The summed E-state index contributed by atoms with van der Waals surface area (Å²) >= 11 is -0.259. The third-order valence-electron chi connectivity index (χ3n) is 3.03. The zero-order chi connectivity index (χ0) is 21.2. The fourth-order valence-corrected chi connectivity index (χ4v) is 3.00. The zero-order valence-corrected chi connectivity index (χ0v) is 16.0. The van der Waals surface area contributed by atoms with E-state index in [1.165, 1.54) is 36.4 Å². The van der Waals surface area contributed by atoms with Crippen LogP contribution in [0.15, 0.2) is 58.3 Å². The van der Waals surface area contributed by atoms with Gasteiger partial charge in [0.05, 0.1) is 12.5 Å². The van der Waals surface area contributed by atoms with E-state index in [4.69, 9.17) is 11.0 Å². The minimum Gasteiger partial charge on any atom is -0.330 e. The Morgan fingerprint density at radius 3 is 1.46 bits per heavy atom. The average molecular weight is 438 g/mol. The van der Waals surface area contributed by atoms with Crippen LogP contribution in [-0.2, 0) is 12.8 Å². The van der Waals surface area contributed by atoms with Crippen molar-refractivity contribution >= 4 is 23.5 Å². The molecule has 0 fully saturated rings. The molecule has 0 aliphatic rings. The highest BCUT2D eigenvalue weighted by Crippen LogP contribution is 2.37. The van der Waals surface area contributed by atoms with Crippen LogP contribution in [0, 0.1) is 11.3 Å². The number of alkyl halides is 6. The molecule has 2 nitrogen and oxygen atoms in total. The molecule has 2 rings (SSSR count). The maximum Gasteiger partial charge on any atom is 0.446 e. The fourth-order valence-electron chi connectivity index (χ4n) is 1.92. The molecular formula is C18H16F6N2S2. The third kappa shape index (κ3) is 11.1. The van der Waals surface area contributed by atoms with Crippen molar-refractivity contribution in [3.05, 3.63) is 59.7 Å². The molecule has 0 aliphatic carbocycles. The minimum atomic E-state index is -4.25. The van der Waals surface area contributed by atoms with Gasteiger partial charge in [0.2, 0.25) is 0 Å². The Bertz CT molecular complexity index is 750. The second-order valence-corrected chi connectivity index (χ2v) is 7.53. The van der Waals surface area contributed by atoms with Crippen molar-refractivity contribution in [3.8, 4) is 6.07 Å². The molecule has 0 saturated carbocycles. The topological polar surface area (TPSA) is 49.8 Å². The van der Waals surface area contributed by atoms with Crippen LogP contribution >= 0.6 is 23.5 Å². The number of halogens is 6. The highest BCUT2D eigenvalue weighted by Gasteiger charge is 2.29. The van der Waals surface area contributed by atoms with Gasteiger partial charge in [-0.1, -0.05) is 24.3 Å². The lowest BCUT2D eigenvalue weighted by Crippen LogP contribution is -2.02. The second-order valence-electron chi connectivity index (χ2n) is 5.26. The first-order chi connectivity index (χ1) is 13.0. The summed E-state index contributed by atoms with van der Waals surface area (Å²) in [7, 11) is 0. The zero-order valence-electron chi connectivity index (χ0n) is 14.3. The summed E-state index contributed by atoms with van der Waals surface area (Å²) < 4.78 is 71.5. The number of nitrogens with zero attached hydrogens (tertiary/aromatic N) is 1. The molecule has 10 heteroatoms. The van der Waals surface area contributed by atoms with Crippen molar-refractivity contribution in [2.75, 3.05) is 6.54 Å². The van der Waals surface area contributed by atoms with Crippen LogP contribution in [0.2, 0.25) is 0 Å². The first kappa shape index (κ1) is 24.2. The van der Waals surface area contributed by atoms with Crippen molar-refractivity contribution in [1.82, 2.24) is 0 Å². The van der Waals surface area contributed by atoms with Gasteiger partial charge < -0.3 is 5.73 Å². The van der Waals surface area contributed by atoms with Gasteiger partial charge in [0, 0.05) is 9.79 Å². The van der Waals surface area contributed by atoms with Gasteiger partial charge in [-0.15, -0.1) is 0 Å². The van der Waals surface area contributed by atoms with Gasteiger partial charge in [0.25, 0.3) is 0 Å². The molecule has 0 aromatic heterocycles. The Balaban J connectivity index is 0.000000280. The van der Waals surface area contributed by atoms with Gasteiger partial charge in [-0.2, -0.15) is 31.6 Å². The van der Waals surface area contributed by atoms with E-state index in [0.717, 1.165) is 11.1 Å². The highest BCUT2D eigenvalue weighted by atomic mass is 32.2. The molecule has 0 heterocycles. The highest BCUT2D eigenvalue weighted by molar-refractivity contribution is 8.00. The molecule has 0 bridgehead atoms. The fraction of sp³-hybridized carbons (Fsp3) is 0.278. The molecule has 0 atom stereocenters. The smallest absolute Gasteiger partial charge is 0.330 e. The molecular weight excluding hydrogens is 422 g/mol. The first-order valence-corrected chi connectivity index (χ1v) is 9.42. The summed E-state index contributed by atoms with van der Waals surface area (Å²) in [5.41, 5.74) is -1.47. The summed E-state index contributed by atoms with van der Waals surface area (Å²) in [6, 6.07) is 14.0. The quantitative estimate of drug-likeness (QED) is 0.448. The largest absolute Gasteiger partial charge is 0.446 e. The van der Waals surface area contributed by atoms with Crippen LogP contribution in [0.4, 0.5) is 26.3 Å². The molecule has 0 radical (unpaired) electrons. The molecule has 28 heavy (non-hydrogen) atoms. The van der Waals surface area contributed by atoms with Crippen molar-refractivity contribution in [2.24, 2.45) is 5.73 Å². The van der Waals surface area contributed by atoms with Gasteiger partial charge in [-0.3, -0.25) is 0 Å². The van der Waals surface area contributed by atoms with Gasteiger partial charge in [0.1, 0.15) is 0 Å². The predicted octanol–water partition coefficient (Wildman–Crippen LogP) is 6.16. The Morgan fingerprint density at radius 1 is 0.750 bits per heavy atom. The number of thioether (sulfide) groups is 2. The van der Waals surface area contributed by atoms with Gasteiger partial charge >= 0.3 is 11.0 Å². The molecule has 0 amide bonds. The molecule has 0 unspecified atom stereocenters. The molecule has 0 aliphatic heterocycles. The predicted molar refractivity (Wildman–Crippen MR) is 98.8 cm³/mol. The van der Waals surface area contributed by atoms with Gasteiger partial charge in [-0.05, 0) is 71.9 Å². The lowest BCUT2D eigenvalue weighted by Gasteiger charge is -2.05. The standard InChI is InChI=1S/C9H10F3NS.C9H6F3NS/c2*10-9(11,12)14-8-3-1-7(2-4-8)5-6-13/h1-4H,5-6,13H2;1-4H,5H2. The maximum absolute atomic E-state index is 11.9. The van der Waals surface area contributed by atoms with E-state index in [0.29, 0.717) is 13.0 Å². The van der Waals surface area contributed by atoms with E-state index < -0.39 is 11.0 Å². The molecule has 0 saturated heterocycles. The number of hydrogen-bond donors (Lipinski definition) is 1. The number of benzene rings is 2. The number of rotatable bonds is 5. The first-order valence-electron chi connectivity index (χ1n) is 7.79. The van der Waals surface area contributed by atoms with E-state index in [9.17, 15) is 26.3 Å². The SMILES string of the molecule is N#CCc1ccc(SC(F)(F)F)cc1.NCCc1ccc(SC(F)(F)F)cc1. The van der Waals surface area contributed by atoms with Crippen LogP contribution in [0.25, 0.3) is 0 Å². The normalized spacial score (nSPS) is 11.4. The van der Waals surface area contributed by atoms with Crippen molar-refractivity contribution in [1.29, 1.82) is 5.26 Å². The van der Waals surface area contributed by atoms with Crippen LogP contribution in [0.5, 0.6) is 0 Å². The molecule has 2 aromatic carbocycles. The van der Waals surface area contributed by atoms with E-state index >= 15 is 0 Å². The minimum absolute atomic E-state index is 0.104. The summed E-state index contributed by atoms with van der Waals surface area (Å²) in [6.07, 6.45) is 0.911.